The molecule has 3 aromatic heterocycles. The Kier molecular flexibility index (Phi) is 5.42. The van der Waals surface area contributed by atoms with Gasteiger partial charge in [-0.15, -0.1) is 0 Å². The number of aryl methyl sites for hydroxylation is 1. The van der Waals surface area contributed by atoms with Crippen LogP contribution in [-0.2, 0) is 20.0 Å². The number of imidazole rings is 1. The maximum absolute atomic E-state index is 12.6. The molecule has 164 valence electrons. The Morgan fingerprint density at radius 1 is 1.16 bits per heavy atom. The van der Waals surface area contributed by atoms with Crippen LogP contribution in [0.2, 0.25) is 0 Å². The van der Waals surface area contributed by atoms with Crippen molar-refractivity contribution in [2.45, 2.75) is 19.1 Å². The lowest BCUT2D eigenvalue weighted by molar-refractivity contribution is 0.0838. The minimum atomic E-state index is -0.656. The molecule has 1 aliphatic heterocycles. The van der Waals surface area contributed by atoms with Crippen molar-refractivity contribution in [3.8, 4) is 11.1 Å². The van der Waals surface area contributed by atoms with Crippen molar-refractivity contribution >= 4 is 11.7 Å². The lowest BCUT2D eigenvalue weighted by Crippen LogP contribution is -2.42. The molecule has 1 atom stereocenters. The molecule has 0 bridgehead atoms. The number of benzene rings is 1. The first kappa shape index (κ1) is 20.3. The highest BCUT2D eigenvalue weighted by atomic mass is 16.3. The summed E-state index contributed by atoms with van der Waals surface area (Å²) in [5.74, 6) is 0.108. The van der Waals surface area contributed by atoms with E-state index in [4.69, 9.17) is 0 Å². The number of rotatable bonds is 6. The first-order chi connectivity index (χ1) is 15.5. The molecule has 2 N–H and O–H groups in total. The number of nitrogens with zero attached hydrogens (tertiary/aromatic N) is 6. The van der Waals surface area contributed by atoms with Gasteiger partial charge in [0.15, 0.2) is 0 Å². The van der Waals surface area contributed by atoms with E-state index in [1.807, 2.05) is 25.5 Å². The Labute approximate surface area is 185 Å². The number of carbonyl (C=O) groups is 1. The standard InChI is InChI=1S/C23H25N7O2/c1-28-11-19(9-26-28)18-8-25-23-27-21(15-30(23)13-18)22(32)24-10-20(31)14-29-7-6-16-4-2-3-5-17(16)12-29/h2-5,8-9,11,13,15,20,31H,6-7,10,12,14H2,1H3,(H,24,32). The zero-order valence-corrected chi connectivity index (χ0v) is 17.8. The fraction of sp³-hybridized carbons (Fsp3) is 0.304. The van der Waals surface area contributed by atoms with Crippen molar-refractivity contribution < 1.29 is 9.90 Å². The van der Waals surface area contributed by atoms with Crippen LogP contribution in [0.3, 0.4) is 0 Å². The van der Waals surface area contributed by atoms with Gasteiger partial charge in [0.25, 0.3) is 5.91 Å². The van der Waals surface area contributed by atoms with E-state index in [2.05, 4.69) is 43.5 Å². The fourth-order valence-electron chi connectivity index (χ4n) is 4.09. The summed E-state index contributed by atoms with van der Waals surface area (Å²) in [5, 5.41) is 17.4. The molecule has 32 heavy (non-hydrogen) atoms. The van der Waals surface area contributed by atoms with E-state index in [-0.39, 0.29) is 18.1 Å². The highest BCUT2D eigenvalue weighted by Gasteiger charge is 2.19. The lowest BCUT2D eigenvalue weighted by atomic mass is 10.00. The molecule has 1 amide bonds. The molecule has 9 nitrogen and oxygen atoms in total. The van der Waals surface area contributed by atoms with Gasteiger partial charge in [0.1, 0.15) is 5.69 Å². The minimum Gasteiger partial charge on any atom is -0.390 e. The molecule has 0 aliphatic carbocycles. The van der Waals surface area contributed by atoms with Crippen LogP contribution in [0.4, 0.5) is 0 Å². The van der Waals surface area contributed by atoms with Crippen molar-refractivity contribution in [3.63, 3.8) is 0 Å². The molecule has 0 radical (unpaired) electrons. The average molecular weight is 432 g/mol. The first-order valence-corrected chi connectivity index (χ1v) is 10.6. The molecule has 1 unspecified atom stereocenters. The molecule has 4 heterocycles. The number of aliphatic hydroxyl groups is 1. The van der Waals surface area contributed by atoms with Gasteiger partial charge in [-0.05, 0) is 17.5 Å². The summed E-state index contributed by atoms with van der Waals surface area (Å²) in [5.41, 5.74) is 4.76. The van der Waals surface area contributed by atoms with Crippen LogP contribution in [0.25, 0.3) is 16.9 Å². The number of carbonyl (C=O) groups excluding carboxylic acids is 1. The van der Waals surface area contributed by atoms with Crippen LogP contribution in [0.1, 0.15) is 21.6 Å². The average Bonchev–Trinajstić information content (AvgIpc) is 3.43. The summed E-state index contributed by atoms with van der Waals surface area (Å²) in [6.45, 7) is 2.40. The van der Waals surface area contributed by atoms with E-state index in [1.165, 1.54) is 11.1 Å². The minimum absolute atomic E-state index is 0.166. The largest absolute Gasteiger partial charge is 0.390 e. The second-order valence-corrected chi connectivity index (χ2v) is 8.20. The third-order valence-corrected chi connectivity index (χ3v) is 5.76. The second kappa shape index (κ2) is 8.52. The Hall–Kier alpha value is -3.56. The number of hydrogen-bond acceptors (Lipinski definition) is 6. The SMILES string of the molecule is Cn1cc(-c2cnc3nc(C(=O)NCC(O)CN4CCc5ccccc5C4)cn3c2)cn1. The topological polar surface area (TPSA) is 101 Å². The Balaban J connectivity index is 1.18. The van der Waals surface area contributed by atoms with E-state index in [1.54, 1.807) is 27.7 Å². The highest BCUT2D eigenvalue weighted by Crippen LogP contribution is 2.19. The summed E-state index contributed by atoms with van der Waals surface area (Å²) in [7, 11) is 1.85. The van der Waals surface area contributed by atoms with Crippen LogP contribution < -0.4 is 5.32 Å². The van der Waals surface area contributed by atoms with Crippen molar-refractivity contribution in [1.82, 2.24) is 34.4 Å². The zero-order chi connectivity index (χ0) is 22.1. The Morgan fingerprint density at radius 3 is 2.78 bits per heavy atom. The van der Waals surface area contributed by atoms with E-state index < -0.39 is 6.10 Å². The summed E-state index contributed by atoms with van der Waals surface area (Å²) in [4.78, 5) is 23.4. The van der Waals surface area contributed by atoms with E-state index >= 15 is 0 Å². The maximum Gasteiger partial charge on any atom is 0.271 e. The third kappa shape index (κ3) is 4.25. The van der Waals surface area contributed by atoms with Gasteiger partial charge in [-0.3, -0.25) is 18.8 Å². The third-order valence-electron chi connectivity index (χ3n) is 5.76. The number of nitrogens with one attached hydrogen (secondary N) is 1. The van der Waals surface area contributed by atoms with E-state index in [0.717, 1.165) is 30.6 Å². The van der Waals surface area contributed by atoms with Crippen molar-refractivity contribution in [1.29, 1.82) is 0 Å². The molecule has 5 rings (SSSR count). The Morgan fingerprint density at radius 2 is 1.97 bits per heavy atom. The monoisotopic (exact) mass is 431 g/mol. The van der Waals surface area contributed by atoms with Crippen LogP contribution in [0.5, 0.6) is 0 Å². The molecule has 4 aromatic rings. The summed E-state index contributed by atoms with van der Waals surface area (Å²) >= 11 is 0. The second-order valence-electron chi connectivity index (χ2n) is 8.20. The quantitative estimate of drug-likeness (QED) is 0.477. The van der Waals surface area contributed by atoms with Crippen LogP contribution >= 0.6 is 0 Å². The molecule has 0 fully saturated rings. The highest BCUT2D eigenvalue weighted by molar-refractivity contribution is 5.92. The predicted molar refractivity (Wildman–Crippen MR) is 119 cm³/mol. The molecular formula is C23H25N7O2. The van der Waals surface area contributed by atoms with E-state index in [9.17, 15) is 9.90 Å². The van der Waals surface area contributed by atoms with Gasteiger partial charge < -0.3 is 10.4 Å². The maximum atomic E-state index is 12.6. The molecular weight excluding hydrogens is 406 g/mol. The summed E-state index contributed by atoms with van der Waals surface area (Å²) in [6.07, 6.45) is 9.20. The van der Waals surface area contributed by atoms with Crippen LogP contribution in [0.15, 0.2) is 55.2 Å². The van der Waals surface area contributed by atoms with Gasteiger partial charge >= 0.3 is 0 Å². The molecule has 1 aliphatic rings. The number of amides is 1. The first-order valence-electron chi connectivity index (χ1n) is 10.6. The lowest BCUT2D eigenvalue weighted by Gasteiger charge is -2.30. The normalized spacial score (nSPS) is 14.9. The molecule has 0 spiro atoms. The molecule has 0 saturated carbocycles. The molecule has 1 aromatic carbocycles. The molecule has 9 heteroatoms. The van der Waals surface area contributed by atoms with Crippen molar-refractivity contribution in [3.05, 3.63) is 72.1 Å². The number of fused-ring (bicyclic) bond motifs is 2. The predicted octanol–water partition coefficient (Wildman–Crippen LogP) is 1.28. The zero-order valence-electron chi connectivity index (χ0n) is 17.8. The van der Waals surface area contributed by atoms with Crippen molar-refractivity contribution in [2.75, 3.05) is 19.6 Å². The Bertz CT molecular complexity index is 1260. The van der Waals surface area contributed by atoms with E-state index in [0.29, 0.717) is 12.3 Å². The number of β-amino-alcohol motifs (C(OH)–C–C–N with tert-alkyl or cyclic N) is 1. The fourth-order valence-corrected chi connectivity index (χ4v) is 4.09. The smallest absolute Gasteiger partial charge is 0.271 e. The number of aliphatic hydroxyl groups excluding tert-OH is 1. The van der Waals surface area contributed by atoms with Crippen LogP contribution in [-0.4, -0.2) is 65.8 Å². The summed E-state index contributed by atoms with van der Waals surface area (Å²) in [6, 6.07) is 8.40. The van der Waals surface area contributed by atoms with Gasteiger partial charge in [-0.25, -0.2) is 9.97 Å². The summed E-state index contributed by atoms with van der Waals surface area (Å²) < 4.78 is 3.44. The van der Waals surface area contributed by atoms with Crippen molar-refractivity contribution in [2.24, 2.45) is 7.05 Å². The van der Waals surface area contributed by atoms with Gasteiger partial charge in [0.05, 0.1) is 12.3 Å². The van der Waals surface area contributed by atoms with Crippen LogP contribution in [0, 0.1) is 0 Å². The van der Waals surface area contributed by atoms with Gasteiger partial charge in [-0.1, -0.05) is 24.3 Å². The van der Waals surface area contributed by atoms with Gasteiger partial charge in [-0.2, -0.15) is 5.10 Å². The van der Waals surface area contributed by atoms with Gasteiger partial charge in [0.2, 0.25) is 5.78 Å². The number of hydrogen-bond donors (Lipinski definition) is 2. The molecule has 0 saturated heterocycles. The van der Waals surface area contributed by atoms with Gasteiger partial charge in [0, 0.05) is 69.1 Å². The number of aromatic nitrogens is 5.